The smallest absolute Gasteiger partial charge is 0.234 e. The summed E-state index contributed by atoms with van der Waals surface area (Å²) in [6, 6.07) is 8.10. The number of rotatable bonds is 8. The highest BCUT2D eigenvalue weighted by Gasteiger charge is 2.15. The molecule has 0 fully saturated rings. The molecule has 0 saturated heterocycles. The number of hydrogen-bond acceptors (Lipinski definition) is 2. The van der Waals surface area contributed by atoms with Crippen molar-refractivity contribution in [1.29, 1.82) is 0 Å². The maximum atomic E-state index is 11.4. The first kappa shape index (κ1) is 15.6. The van der Waals surface area contributed by atoms with Crippen molar-refractivity contribution in [2.75, 3.05) is 6.54 Å². The van der Waals surface area contributed by atoms with Crippen LogP contribution in [0.25, 0.3) is 10.9 Å². The van der Waals surface area contributed by atoms with E-state index in [2.05, 4.69) is 48.5 Å². The van der Waals surface area contributed by atoms with Gasteiger partial charge < -0.3 is 16.0 Å². The molecule has 0 bridgehead atoms. The second-order valence-electron chi connectivity index (χ2n) is 6.00. The summed E-state index contributed by atoms with van der Waals surface area (Å²) < 4.78 is 0. The first-order valence-electron chi connectivity index (χ1n) is 7.65. The SMILES string of the molecule is CC(C)CC(NCCCc1c[nH]c2ccccc12)C(N)=O. The van der Waals surface area contributed by atoms with Crippen molar-refractivity contribution < 1.29 is 4.79 Å². The molecular formula is C17H25N3O. The molecule has 0 radical (unpaired) electrons. The molecule has 1 aromatic heterocycles. The van der Waals surface area contributed by atoms with Crippen molar-refractivity contribution in [3.05, 3.63) is 36.0 Å². The van der Waals surface area contributed by atoms with Gasteiger partial charge in [-0.1, -0.05) is 32.0 Å². The number of aromatic amines is 1. The standard InChI is InChI=1S/C17H25N3O/c1-12(2)10-16(17(18)21)19-9-5-6-13-11-20-15-8-4-3-7-14(13)15/h3-4,7-8,11-12,16,19-20H,5-6,9-10H2,1-2H3,(H2,18,21). The third kappa shape index (κ3) is 4.33. The van der Waals surface area contributed by atoms with E-state index >= 15 is 0 Å². The van der Waals surface area contributed by atoms with Crippen LogP contribution in [0.15, 0.2) is 30.5 Å². The molecular weight excluding hydrogens is 262 g/mol. The largest absolute Gasteiger partial charge is 0.368 e. The predicted molar refractivity (Wildman–Crippen MR) is 87.1 cm³/mol. The topological polar surface area (TPSA) is 70.9 Å². The van der Waals surface area contributed by atoms with E-state index in [1.165, 1.54) is 16.5 Å². The number of nitrogens with two attached hydrogens (primary N) is 1. The van der Waals surface area contributed by atoms with Crippen LogP contribution in [0.1, 0.15) is 32.3 Å². The minimum Gasteiger partial charge on any atom is -0.368 e. The van der Waals surface area contributed by atoms with Gasteiger partial charge in [0.25, 0.3) is 0 Å². The van der Waals surface area contributed by atoms with Crippen LogP contribution in [0.5, 0.6) is 0 Å². The average Bonchev–Trinajstić information content (AvgIpc) is 2.85. The Labute approximate surface area is 126 Å². The van der Waals surface area contributed by atoms with E-state index in [1.807, 2.05) is 6.07 Å². The Morgan fingerprint density at radius 1 is 1.33 bits per heavy atom. The molecule has 1 amide bonds. The van der Waals surface area contributed by atoms with Gasteiger partial charge in [-0.05, 0) is 43.4 Å². The summed E-state index contributed by atoms with van der Waals surface area (Å²) in [7, 11) is 0. The normalized spacial score (nSPS) is 12.9. The van der Waals surface area contributed by atoms with Crippen LogP contribution >= 0.6 is 0 Å². The van der Waals surface area contributed by atoms with E-state index in [1.54, 1.807) is 0 Å². The van der Waals surface area contributed by atoms with Crippen molar-refractivity contribution in [3.63, 3.8) is 0 Å². The second-order valence-corrected chi connectivity index (χ2v) is 6.00. The maximum absolute atomic E-state index is 11.4. The van der Waals surface area contributed by atoms with Crippen molar-refractivity contribution in [2.24, 2.45) is 11.7 Å². The van der Waals surface area contributed by atoms with Crippen molar-refractivity contribution in [2.45, 2.75) is 39.2 Å². The van der Waals surface area contributed by atoms with E-state index in [0.29, 0.717) is 5.92 Å². The molecule has 0 aliphatic heterocycles. The second kappa shape index (κ2) is 7.27. The number of carbonyl (C=O) groups excluding carboxylic acids is 1. The highest BCUT2D eigenvalue weighted by Crippen LogP contribution is 2.18. The molecule has 4 heteroatoms. The van der Waals surface area contributed by atoms with E-state index in [4.69, 9.17) is 5.73 Å². The molecule has 0 aliphatic rings. The van der Waals surface area contributed by atoms with Gasteiger partial charge >= 0.3 is 0 Å². The Hall–Kier alpha value is -1.81. The van der Waals surface area contributed by atoms with Gasteiger partial charge in [-0.15, -0.1) is 0 Å². The maximum Gasteiger partial charge on any atom is 0.234 e. The minimum atomic E-state index is -0.254. The zero-order valence-electron chi connectivity index (χ0n) is 12.9. The van der Waals surface area contributed by atoms with E-state index in [9.17, 15) is 4.79 Å². The van der Waals surface area contributed by atoms with Gasteiger partial charge in [0.2, 0.25) is 5.91 Å². The predicted octanol–water partition coefficient (Wildman–Crippen LogP) is 2.59. The van der Waals surface area contributed by atoms with Gasteiger partial charge in [-0.3, -0.25) is 4.79 Å². The fraction of sp³-hybridized carbons (Fsp3) is 0.471. The summed E-state index contributed by atoms with van der Waals surface area (Å²) in [6.45, 7) is 5.01. The number of hydrogen-bond donors (Lipinski definition) is 3. The number of benzene rings is 1. The van der Waals surface area contributed by atoms with Crippen LogP contribution in [0, 0.1) is 5.92 Å². The quantitative estimate of drug-likeness (QED) is 0.653. The van der Waals surface area contributed by atoms with Crippen LogP contribution in [-0.4, -0.2) is 23.5 Å². The van der Waals surface area contributed by atoms with Crippen LogP contribution in [0.2, 0.25) is 0 Å². The monoisotopic (exact) mass is 287 g/mol. The molecule has 4 N–H and O–H groups in total. The summed E-state index contributed by atoms with van der Waals surface area (Å²) in [5.74, 6) is 0.208. The number of fused-ring (bicyclic) bond motifs is 1. The highest BCUT2D eigenvalue weighted by atomic mass is 16.1. The molecule has 1 heterocycles. The molecule has 2 rings (SSSR count). The molecule has 1 aromatic carbocycles. The van der Waals surface area contributed by atoms with E-state index < -0.39 is 0 Å². The number of amides is 1. The van der Waals surface area contributed by atoms with Gasteiger partial charge in [-0.2, -0.15) is 0 Å². The number of carbonyl (C=O) groups is 1. The van der Waals surface area contributed by atoms with E-state index in [-0.39, 0.29) is 11.9 Å². The van der Waals surface area contributed by atoms with E-state index in [0.717, 1.165) is 25.8 Å². The van der Waals surface area contributed by atoms with Crippen molar-refractivity contribution in [1.82, 2.24) is 10.3 Å². The molecule has 21 heavy (non-hydrogen) atoms. The molecule has 1 atom stereocenters. The van der Waals surface area contributed by atoms with Crippen molar-refractivity contribution >= 4 is 16.8 Å². The summed E-state index contributed by atoms with van der Waals surface area (Å²) in [4.78, 5) is 14.7. The highest BCUT2D eigenvalue weighted by molar-refractivity contribution is 5.83. The lowest BCUT2D eigenvalue weighted by Crippen LogP contribution is -2.42. The fourth-order valence-electron chi connectivity index (χ4n) is 2.67. The third-order valence-electron chi connectivity index (χ3n) is 3.74. The third-order valence-corrected chi connectivity index (χ3v) is 3.74. The molecule has 2 aromatic rings. The summed E-state index contributed by atoms with van der Waals surface area (Å²) in [5, 5.41) is 4.56. The van der Waals surface area contributed by atoms with Crippen LogP contribution in [0.3, 0.4) is 0 Å². The van der Waals surface area contributed by atoms with Gasteiger partial charge in [0.15, 0.2) is 0 Å². The van der Waals surface area contributed by atoms with Gasteiger partial charge in [0.05, 0.1) is 6.04 Å². The van der Waals surface area contributed by atoms with Gasteiger partial charge in [0.1, 0.15) is 0 Å². The Balaban J connectivity index is 1.82. The lowest BCUT2D eigenvalue weighted by Gasteiger charge is -2.17. The fourth-order valence-corrected chi connectivity index (χ4v) is 2.67. The molecule has 114 valence electrons. The lowest BCUT2D eigenvalue weighted by molar-refractivity contribution is -0.120. The lowest BCUT2D eigenvalue weighted by atomic mass is 10.0. The summed E-state index contributed by atoms with van der Waals surface area (Å²) >= 11 is 0. The van der Waals surface area contributed by atoms with Crippen LogP contribution < -0.4 is 11.1 Å². The number of aryl methyl sites for hydroxylation is 1. The van der Waals surface area contributed by atoms with Gasteiger partial charge in [0, 0.05) is 17.1 Å². The minimum absolute atomic E-state index is 0.215. The zero-order valence-corrected chi connectivity index (χ0v) is 12.9. The Morgan fingerprint density at radius 3 is 2.81 bits per heavy atom. The first-order chi connectivity index (χ1) is 10.1. The van der Waals surface area contributed by atoms with Crippen molar-refractivity contribution in [3.8, 4) is 0 Å². The first-order valence-corrected chi connectivity index (χ1v) is 7.65. The summed E-state index contributed by atoms with van der Waals surface area (Å²) in [5.41, 5.74) is 7.93. The van der Waals surface area contributed by atoms with Gasteiger partial charge in [-0.25, -0.2) is 0 Å². The Bertz CT molecular complexity index is 588. The van der Waals surface area contributed by atoms with Crippen LogP contribution in [0.4, 0.5) is 0 Å². The molecule has 0 aliphatic carbocycles. The average molecular weight is 287 g/mol. The Kier molecular flexibility index (Phi) is 5.39. The Morgan fingerprint density at radius 2 is 2.10 bits per heavy atom. The molecule has 0 saturated carbocycles. The molecule has 1 unspecified atom stereocenters. The number of nitrogens with one attached hydrogen (secondary N) is 2. The molecule has 4 nitrogen and oxygen atoms in total. The zero-order chi connectivity index (χ0) is 15.2. The summed E-state index contributed by atoms with van der Waals surface area (Å²) in [6.07, 6.45) is 4.85. The van der Waals surface area contributed by atoms with Crippen LogP contribution in [-0.2, 0) is 11.2 Å². The number of aromatic nitrogens is 1. The molecule has 0 spiro atoms. The number of para-hydroxylation sites is 1. The number of H-pyrrole nitrogens is 1. The number of primary amides is 1.